The number of aliphatic hydroxyl groups excluding tert-OH is 1. The van der Waals surface area contributed by atoms with Gasteiger partial charge in [0.1, 0.15) is 21.7 Å². The van der Waals surface area contributed by atoms with E-state index in [2.05, 4.69) is 20.6 Å². The molecule has 0 saturated carbocycles. The van der Waals surface area contributed by atoms with Crippen molar-refractivity contribution >= 4 is 51.9 Å². The second-order valence-electron chi connectivity index (χ2n) is 9.39. The third-order valence-corrected chi connectivity index (χ3v) is 8.39. The Morgan fingerprint density at radius 1 is 1.00 bits per heavy atom. The number of thiazole rings is 2. The molecule has 0 aliphatic heterocycles. The number of nitrogens with one attached hydrogen (secondary N) is 2. The van der Waals surface area contributed by atoms with Crippen molar-refractivity contribution in [3.63, 3.8) is 0 Å². The van der Waals surface area contributed by atoms with Crippen LogP contribution in [0, 0.1) is 5.82 Å². The first-order valence-electron chi connectivity index (χ1n) is 12.9. The van der Waals surface area contributed by atoms with Crippen molar-refractivity contribution in [2.24, 2.45) is 0 Å². The zero-order chi connectivity index (χ0) is 29.4. The number of aromatic nitrogens is 2. The molecular weight excluding hydrogens is 587 g/mol. The summed E-state index contributed by atoms with van der Waals surface area (Å²) in [6, 6.07) is 11.1. The Hall–Kier alpha value is -3.51. The van der Waals surface area contributed by atoms with Crippen LogP contribution in [-0.4, -0.2) is 50.9 Å². The maximum Gasteiger partial charge on any atom is 0.263 e. The number of nitrogens with zero attached hydrogens (tertiary/aromatic N) is 2. The largest absolute Gasteiger partial charge is 0.393 e. The molecule has 0 saturated heterocycles. The summed E-state index contributed by atoms with van der Waals surface area (Å²) in [6.07, 6.45) is 3.24. The SMILES string of the molecule is CC(O)CC[C@H](NC(=O)c1cnc(-c2ccccc2Cl)s1)C(=O)N[C@@H](CCc1ccc(F)cc1)C(=O)c1nccs1. The van der Waals surface area contributed by atoms with Crippen LogP contribution in [0.2, 0.25) is 5.02 Å². The van der Waals surface area contributed by atoms with E-state index in [9.17, 15) is 23.9 Å². The molecule has 0 aliphatic rings. The van der Waals surface area contributed by atoms with Gasteiger partial charge >= 0.3 is 0 Å². The van der Waals surface area contributed by atoms with Crippen LogP contribution in [0.3, 0.4) is 0 Å². The van der Waals surface area contributed by atoms with Crippen molar-refractivity contribution in [1.29, 1.82) is 0 Å². The van der Waals surface area contributed by atoms with E-state index in [1.54, 1.807) is 42.6 Å². The van der Waals surface area contributed by atoms with Gasteiger partial charge in [-0.25, -0.2) is 14.4 Å². The third kappa shape index (κ3) is 8.49. The molecule has 0 radical (unpaired) electrons. The fraction of sp³-hybridized carbons (Fsp3) is 0.276. The number of halogens is 2. The average molecular weight is 615 g/mol. The number of hydrogen-bond donors (Lipinski definition) is 3. The molecule has 1 unspecified atom stereocenters. The maximum atomic E-state index is 13.5. The lowest BCUT2D eigenvalue weighted by Gasteiger charge is -2.23. The van der Waals surface area contributed by atoms with E-state index in [4.69, 9.17) is 11.6 Å². The molecule has 12 heteroatoms. The van der Waals surface area contributed by atoms with Crippen LogP contribution in [0.4, 0.5) is 4.39 Å². The quantitative estimate of drug-likeness (QED) is 0.175. The van der Waals surface area contributed by atoms with Crippen molar-refractivity contribution in [3.05, 3.63) is 92.6 Å². The highest BCUT2D eigenvalue weighted by Crippen LogP contribution is 2.31. The first-order chi connectivity index (χ1) is 19.7. The second-order valence-corrected chi connectivity index (χ2v) is 11.7. The number of carbonyl (C=O) groups excluding carboxylic acids is 3. The van der Waals surface area contributed by atoms with Gasteiger partial charge in [-0.1, -0.05) is 41.9 Å². The molecule has 0 bridgehead atoms. The van der Waals surface area contributed by atoms with Crippen molar-refractivity contribution in [1.82, 2.24) is 20.6 Å². The number of aliphatic hydroxyl groups is 1. The molecule has 214 valence electrons. The van der Waals surface area contributed by atoms with Gasteiger partial charge in [-0.15, -0.1) is 22.7 Å². The molecule has 41 heavy (non-hydrogen) atoms. The predicted octanol–water partition coefficient (Wildman–Crippen LogP) is 5.32. The summed E-state index contributed by atoms with van der Waals surface area (Å²) in [5.41, 5.74) is 1.49. The van der Waals surface area contributed by atoms with Gasteiger partial charge in [0.15, 0.2) is 5.01 Å². The molecule has 4 rings (SSSR count). The van der Waals surface area contributed by atoms with Crippen molar-refractivity contribution < 1.29 is 23.9 Å². The summed E-state index contributed by atoms with van der Waals surface area (Å²) in [7, 11) is 0. The van der Waals surface area contributed by atoms with E-state index < -0.39 is 30.0 Å². The number of carbonyl (C=O) groups is 3. The Labute approximate surface area is 249 Å². The van der Waals surface area contributed by atoms with Crippen molar-refractivity contribution in [2.75, 3.05) is 0 Å². The fourth-order valence-corrected chi connectivity index (χ4v) is 5.81. The maximum absolute atomic E-state index is 13.5. The summed E-state index contributed by atoms with van der Waals surface area (Å²) < 4.78 is 13.3. The van der Waals surface area contributed by atoms with Gasteiger partial charge in [-0.2, -0.15) is 0 Å². The molecule has 0 aliphatic carbocycles. The van der Waals surface area contributed by atoms with Crippen molar-refractivity contribution in [2.45, 2.75) is 50.8 Å². The fourth-order valence-electron chi connectivity index (χ4n) is 4.04. The Morgan fingerprint density at radius 2 is 1.76 bits per heavy atom. The topological polar surface area (TPSA) is 121 Å². The number of ketones is 1. The summed E-state index contributed by atoms with van der Waals surface area (Å²) in [5, 5.41) is 18.4. The van der Waals surface area contributed by atoms with Gasteiger partial charge < -0.3 is 15.7 Å². The molecule has 0 fully saturated rings. The van der Waals surface area contributed by atoms with Gasteiger partial charge in [-0.3, -0.25) is 14.4 Å². The number of benzene rings is 2. The minimum atomic E-state index is -1.03. The molecule has 2 amide bonds. The van der Waals surface area contributed by atoms with Crippen LogP contribution in [0.5, 0.6) is 0 Å². The molecule has 0 spiro atoms. The van der Waals surface area contributed by atoms with E-state index in [-0.39, 0.29) is 40.7 Å². The summed E-state index contributed by atoms with van der Waals surface area (Å²) in [4.78, 5) is 48.6. The van der Waals surface area contributed by atoms with Crippen LogP contribution in [0.1, 0.15) is 51.2 Å². The van der Waals surface area contributed by atoms with Crippen LogP contribution in [0.25, 0.3) is 10.6 Å². The highest BCUT2D eigenvalue weighted by Gasteiger charge is 2.29. The number of aryl methyl sites for hydroxylation is 1. The van der Waals surface area contributed by atoms with E-state index in [1.165, 1.54) is 24.5 Å². The number of Topliss-reactive ketones (excluding diaryl/α,β-unsaturated/α-hetero) is 1. The summed E-state index contributed by atoms with van der Waals surface area (Å²) in [6.45, 7) is 1.59. The predicted molar refractivity (Wildman–Crippen MR) is 158 cm³/mol. The molecule has 2 aromatic carbocycles. The third-order valence-electron chi connectivity index (χ3n) is 6.24. The van der Waals surface area contributed by atoms with Crippen LogP contribution in [0.15, 0.2) is 66.3 Å². The Kier molecular flexibility index (Phi) is 10.7. The van der Waals surface area contributed by atoms with Crippen LogP contribution >= 0.6 is 34.3 Å². The lowest BCUT2D eigenvalue weighted by atomic mass is 10.0. The average Bonchev–Trinajstić information content (AvgIpc) is 3.67. The van der Waals surface area contributed by atoms with Gasteiger partial charge in [0, 0.05) is 17.1 Å². The summed E-state index contributed by atoms with van der Waals surface area (Å²) >= 11 is 8.56. The standard InChI is InChI=1S/C29H28ClFN4O4S2/c1-17(36)6-12-23(35-27(39)24-16-33-28(41-24)20-4-2-3-5-21(20)30)26(38)34-22(25(37)29-32-14-15-40-29)13-9-18-7-10-19(31)11-8-18/h2-5,7-8,10-11,14-17,22-23,36H,6,9,12-13H2,1H3,(H,34,38)(H,35,39)/t17?,22-,23-/m0/s1. The highest BCUT2D eigenvalue weighted by atomic mass is 35.5. The smallest absolute Gasteiger partial charge is 0.263 e. The van der Waals surface area contributed by atoms with Crippen LogP contribution < -0.4 is 10.6 Å². The molecule has 3 N–H and O–H groups in total. The first kappa shape index (κ1) is 30.4. The Morgan fingerprint density at radius 3 is 2.44 bits per heavy atom. The number of rotatable bonds is 13. The monoisotopic (exact) mass is 614 g/mol. The first-order valence-corrected chi connectivity index (χ1v) is 15.0. The molecule has 3 atom stereocenters. The van der Waals surface area contributed by atoms with Gasteiger partial charge in [-0.05, 0) is 56.4 Å². The summed E-state index contributed by atoms with van der Waals surface area (Å²) in [5.74, 6) is -1.80. The molecular formula is C29H28ClFN4O4S2. The lowest BCUT2D eigenvalue weighted by Crippen LogP contribution is -2.51. The number of amides is 2. The molecule has 2 aromatic heterocycles. The Bertz CT molecular complexity index is 1480. The lowest BCUT2D eigenvalue weighted by molar-refractivity contribution is -0.123. The molecule has 4 aromatic rings. The molecule has 8 nitrogen and oxygen atoms in total. The minimum Gasteiger partial charge on any atom is -0.393 e. The van der Waals surface area contributed by atoms with E-state index in [0.717, 1.165) is 28.2 Å². The highest BCUT2D eigenvalue weighted by molar-refractivity contribution is 7.17. The van der Waals surface area contributed by atoms with Gasteiger partial charge in [0.25, 0.3) is 5.91 Å². The molecule has 2 heterocycles. The second kappa shape index (κ2) is 14.4. The van der Waals surface area contributed by atoms with Gasteiger partial charge in [0.05, 0.1) is 23.4 Å². The van der Waals surface area contributed by atoms with Gasteiger partial charge in [0.2, 0.25) is 11.7 Å². The normalized spacial score (nSPS) is 13.3. The Balaban J connectivity index is 1.50. The zero-order valence-corrected chi connectivity index (χ0v) is 24.4. The van der Waals surface area contributed by atoms with E-state index in [0.29, 0.717) is 22.0 Å². The number of hydrogen-bond acceptors (Lipinski definition) is 8. The zero-order valence-electron chi connectivity index (χ0n) is 22.1. The minimum absolute atomic E-state index is 0.140. The van der Waals surface area contributed by atoms with Crippen molar-refractivity contribution in [3.8, 4) is 10.6 Å². The van der Waals surface area contributed by atoms with E-state index >= 15 is 0 Å². The van der Waals surface area contributed by atoms with Crippen LogP contribution in [-0.2, 0) is 11.2 Å². The van der Waals surface area contributed by atoms with E-state index in [1.807, 2.05) is 6.07 Å².